The molecule has 3 nitrogen and oxygen atoms in total. The van der Waals surface area contributed by atoms with E-state index in [0.717, 1.165) is 37.4 Å². The SMILES string of the molecule is Cc1cc(Br)c(Br)cc1C.Cc1cc(Nc2ccccc2)c(Nc2ccccc2)cc1C.Nc1ccccc1. The highest BCUT2D eigenvalue weighted by Crippen LogP contribution is 2.31. The molecule has 0 bridgehead atoms. The van der Waals surface area contributed by atoms with Crippen LogP contribution in [0.5, 0.6) is 0 Å². The van der Waals surface area contributed by atoms with Crippen molar-refractivity contribution in [2.75, 3.05) is 16.4 Å². The second kappa shape index (κ2) is 15.2. The number of nitrogen functional groups attached to an aromatic ring is 1. The lowest BCUT2D eigenvalue weighted by Crippen LogP contribution is -1.99. The number of halogens is 2. The van der Waals surface area contributed by atoms with Crippen molar-refractivity contribution < 1.29 is 0 Å². The van der Waals surface area contributed by atoms with Gasteiger partial charge in [0.2, 0.25) is 0 Å². The zero-order valence-electron chi connectivity index (χ0n) is 22.8. The Morgan fingerprint density at radius 3 is 1.08 bits per heavy atom. The van der Waals surface area contributed by atoms with Gasteiger partial charge in [-0.3, -0.25) is 0 Å². The summed E-state index contributed by atoms with van der Waals surface area (Å²) in [4.78, 5) is 0. The molecule has 0 unspecified atom stereocenters. The van der Waals surface area contributed by atoms with Crippen LogP contribution in [-0.4, -0.2) is 0 Å². The fourth-order valence-corrected chi connectivity index (χ4v) is 4.49. The minimum atomic E-state index is 0.822. The van der Waals surface area contributed by atoms with Gasteiger partial charge in [-0.15, -0.1) is 0 Å². The number of hydrogen-bond donors (Lipinski definition) is 3. The molecule has 0 aliphatic heterocycles. The highest BCUT2D eigenvalue weighted by atomic mass is 79.9. The molecular formula is C34H35Br2N3. The summed E-state index contributed by atoms with van der Waals surface area (Å²) in [5.41, 5.74) is 15.7. The molecule has 0 saturated carbocycles. The number of hydrogen-bond acceptors (Lipinski definition) is 3. The van der Waals surface area contributed by atoms with Crippen LogP contribution in [0, 0.1) is 27.7 Å². The second-order valence-corrected chi connectivity index (χ2v) is 10.9. The van der Waals surface area contributed by atoms with E-state index < -0.39 is 0 Å². The average molecular weight is 645 g/mol. The smallest absolute Gasteiger partial charge is 0.0626 e. The van der Waals surface area contributed by atoms with Crippen LogP contribution in [0.3, 0.4) is 0 Å². The van der Waals surface area contributed by atoms with Gasteiger partial charge in [0.15, 0.2) is 0 Å². The molecular weight excluding hydrogens is 610 g/mol. The van der Waals surface area contributed by atoms with E-state index in [0.29, 0.717) is 0 Å². The number of nitrogens with one attached hydrogen (secondary N) is 2. The summed E-state index contributed by atoms with van der Waals surface area (Å²) in [5, 5.41) is 7.00. The van der Waals surface area contributed by atoms with Crippen LogP contribution in [0.1, 0.15) is 22.3 Å². The Morgan fingerprint density at radius 1 is 0.462 bits per heavy atom. The van der Waals surface area contributed by atoms with Crippen molar-refractivity contribution in [1.82, 2.24) is 0 Å². The summed E-state index contributed by atoms with van der Waals surface area (Å²) in [6, 6.07) is 38.6. The lowest BCUT2D eigenvalue weighted by atomic mass is 10.1. The molecule has 4 N–H and O–H groups in total. The third kappa shape index (κ3) is 9.93. The highest BCUT2D eigenvalue weighted by molar-refractivity contribution is 9.13. The van der Waals surface area contributed by atoms with E-state index in [1.807, 2.05) is 66.7 Å². The van der Waals surface area contributed by atoms with Gasteiger partial charge in [0, 0.05) is 26.0 Å². The summed E-state index contributed by atoms with van der Waals surface area (Å²) >= 11 is 6.87. The van der Waals surface area contributed by atoms with Crippen molar-refractivity contribution in [3.05, 3.63) is 146 Å². The Labute approximate surface area is 249 Å². The molecule has 5 heteroatoms. The maximum atomic E-state index is 5.36. The lowest BCUT2D eigenvalue weighted by Gasteiger charge is -2.16. The minimum Gasteiger partial charge on any atom is -0.399 e. The summed E-state index contributed by atoms with van der Waals surface area (Å²) in [6.45, 7) is 8.48. The molecule has 200 valence electrons. The predicted octanol–water partition coefficient (Wildman–Crippen LogP) is 10.9. The van der Waals surface area contributed by atoms with E-state index in [4.69, 9.17) is 5.73 Å². The van der Waals surface area contributed by atoms with E-state index in [1.54, 1.807) is 0 Å². The number of rotatable bonds is 4. The van der Waals surface area contributed by atoms with Crippen molar-refractivity contribution >= 4 is 60.3 Å². The van der Waals surface area contributed by atoms with Crippen LogP contribution in [-0.2, 0) is 0 Å². The molecule has 0 aliphatic rings. The van der Waals surface area contributed by atoms with E-state index >= 15 is 0 Å². The monoisotopic (exact) mass is 643 g/mol. The molecule has 0 atom stereocenters. The topological polar surface area (TPSA) is 50.1 Å². The number of nitrogens with two attached hydrogens (primary N) is 1. The third-order valence-electron chi connectivity index (χ3n) is 6.08. The molecule has 0 saturated heterocycles. The van der Waals surface area contributed by atoms with Gasteiger partial charge in [0.1, 0.15) is 0 Å². The Hall–Kier alpha value is -3.54. The molecule has 0 spiro atoms. The van der Waals surface area contributed by atoms with Crippen LogP contribution in [0.2, 0.25) is 0 Å². The molecule has 5 aromatic carbocycles. The normalized spacial score (nSPS) is 9.90. The lowest BCUT2D eigenvalue weighted by molar-refractivity contribution is 1.32. The number of benzene rings is 5. The van der Waals surface area contributed by atoms with Crippen molar-refractivity contribution in [3.8, 4) is 0 Å². The average Bonchev–Trinajstić information content (AvgIpc) is 2.93. The highest BCUT2D eigenvalue weighted by Gasteiger charge is 2.06. The van der Waals surface area contributed by atoms with Gasteiger partial charge in [-0.05, 0) is 142 Å². The van der Waals surface area contributed by atoms with Crippen molar-refractivity contribution in [3.63, 3.8) is 0 Å². The molecule has 5 rings (SSSR count). The van der Waals surface area contributed by atoms with Crippen LogP contribution in [0.15, 0.2) is 124 Å². The van der Waals surface area contributed by atoms with Gasteiger partial charge < -0.3 is 16.4 Å². The van der Waals surface area contributed by atoms with Crippen molar-refractivity contribution in [2.24, 2.45) is 0 Å². The number of para-hydroxylation sites is 3. The predicted molar refractivity (Wildman–Crippen MR) is 178 cm³/mol. The van der Waals surface area contributed by atoms with Crippen molar-refractivity contribution in [2.45, 2.75) is 27.7 Å². The number of anilines is 5. The van der Waals surface area contributed by atoms with Crippen LogP contribution in [0.4, 0.5) is 28.4 Å². The van der Waals surface area contributed by atoms with E-state index in [1.165, 1.54) is 22.3 Å². The Balaban J connectivity index is 0.000000202. The van der Waals surface area contributed by atoms with Crippen LogP contribution >= 0.6 is 31.9 Å². The van der Waals surface area contributed by atoms with Crippen LogP contribution in [0.25, 0.3) is 0 Å². The first-order chi connectivity index (χ1) is 18.7. The summed E-state index contributed by atoms with van der Waals surface area (Å²) in [6.07, 6.45) is 0. The van der Waals surface area contributed by atoms with Gasteiger partial charge >= 0.3 is 0 Å². The molecule has 0 heterocycles. The second-order valence-electron chi connectivity index (χ2n) is 9.23. The van der Waals surface area contributed by atoms with Gasteiger partial charge in [0.25, 0.3) is 0 Å². The van der Waals surface area contributed by atoms with Crippen LogP contribution < -0.4 is 16.4 Å². The van der Waals surface area contributed by atoms with E-state index in [2.05, 4.69) is 119 Å². The first-order valence-electron chi connectivity index (χ1n) is 12.7. The minimum absolute atomic E-state index is 0.822. The van der Waals surface area contributed by atoms with Gasteiger partial charge in [0.05, 0.1) is 11.4 Å². The van der Waals surface area contributed by atoms with Gasteiger partial charge in [-0.2, -0.15) is 0 Å². The van der Waals surface area contributed by atoms with Gasteiger partial charge in [-0.25, -0.2) is 0 Å². The Kier molecular flexibility index (Phi) is 11.7. The largest absolute Gasteiger partial charge is 0.399 e. The molecule has 39 heavy (non-hydrogen) atoms. The Morgan fingerprint density at radius 2 is 0.769 bits per heavy atom. The van der Waals surface area contributed by atoms with E-state index in [-0.39, 0.29) is 0 Å². The third-order valence-corrected chi connectivity index (χ3v) is 7.92. The fraction of sp³-hybridized carbons (Fsp3) is 0.118. The molecule has 5 aromatic rings. The zero-order chi connectivity index (χ0) is 28.2. The maximum Gasteiger partial charge on any atom is 0.0626 e. The molecule has 0 aromatic heterocycles. The first kappa shape index (κ1) is 30.0. The van der Waals surface area contributed by atoms with E-state index in [9.17, 15) is 0 Å². The zero-order valence-corrected chi connectivity index (χ0v) is 26.0. The maximum absolute atomic E-state index is 5.36. The summed E-state index contributed by atoms with van der Waals surface area (Å²) < 4.78 is 2.24. The van der Waals surface area contributed by atoms with Crippen molar-refractivity contribution in [1.29, 1.82) is 0 Å². The Bertz CT molecular complexity index is 1340. The molecule has 0 aliphatic carbocycles. The first-order valence-corrected chi connectivity index (χ1v) is 14.3. The molecule has 0 radical (unpaired) electrons. The number of aryl methyl sites for hydroxylation is 4. The quantitative estimate of drug-likeness (QED) is 0.171. The molecule has 0 fully saturated rings. The molecule has 0 amide bonds. The summed E-state index contributed by atoms with van der Waals surface area (Å²) in [7, 11) is 0. The standard InChI is InChI=1S/C20H20N2.C8H8Br2.C6H7N/c1-15-13-19(21-17-9-5-3-6-10-17)20(14-16(15)2)22-18-11-7-4-8-12-18;1-5-3-7(9)8(10)4-6(5)2;7-6-4-2-1-3-5-6/h3-14,21-22H,1-2H3;3-4H,1-2H3;1-5H,7H2. The fourth-order valence-electron chi connectivity index (χ4n) is 3.58. The van der Waals surface area contributed by atoms with Gasteiger partial charge in [-0.1, -0.05) is 54.6 Å². The summed E-state index contributed by atoms with van der Waals surface area (Å²) in [5.74, 6) is 0.